The molecule has 1 aromatic rings. The van der Waals surface area contributed by atoms with Crippen LogP contribution in [0.5, 0.6) is 0 Å². The largest absolute Gasteiger partial charge is 0.416 e. The highest BCUT2D eigenvalue weighted by atomic mass is 35.5. The lowest BCUT2D eigenvalue weighted by molar-refractivity contribution is -0.137. The zero-order chi connectivity index (χ0) is 16.5. The smallest absolute Gasteiger partial charge is 0.316 e. The maximum absolute atomic E-state index is 12.6. The van der Waals surface area contributed by atoms with Gasteiger partial charge in [0.2, 0.25) is 10.0 Å². The van der Waals surface area contributed by atoms with Crippen LogP contribution in [0.4, 0.5) is 13.2 Å². The number of halogens is 4. The Morgan fingerprint density at radius 2 is 2.05 bits per heavy atom. The third-order valence-corrected chi connectivity index (χ3v) is 6.02. The van der Waals surface area contributed by atoms with Crippen LogP contribution in [0.1, 0.15) is 18.4 Å². The lowest BCUT2D eigenvalue weighted by Gasteiger charge is -2.31. The number of nitrogens with one attached hydrogen (secondary N) is 1. The number of benzene rings is 1. The zero-order valence-corrected chi connectivity index (χ0v) is 13.4. The second kappa shape index (κ2) is 6.35. The summed E-state index contributed by atoms with van der Waals surface area (Å²) >= 11 is 5.79. The van der Waals surface area contributed by atoms with Crippen LogP contribution in [-0.4, -0.2) is 38.9 Å². The van der Waals surface area contributed by atoms with Crippen molar-refractivity contribution in [2.24, 2.45) is 0 Å². The van der Waals surface area contributed by atoms with E-state index in [-0.39, 0.29) is 17.5 Å². The van der Waals surface area contributed by atoms with E-state index < -0.39 is 26.8 Å². The molecule has 124 valence electrons. The molecular formula is C13H16ClF3N2O2S. The molecule has 0 radical (unpaired) electrons. The van der Waals surface area contributed by atoms with Gasteiger partial charge in [0.25, 0.3) is 0 Å². The normalized spacial score (nSPS) is 21.0. The summed E-state index contributed by atoms with van der Waals surface area (Å²) in [5, 5.41) is 2.60. The standard InChI is InChI=1S/C13H16ClF3N2O2S/c1-18-10-3-2-6-19(8-10)22(20,21)12-5-4-9(7-11(12)14)13(15,16)17/h4-5,7,10,18H,2-3,6,8H2,1H3. The topological polar surface area (TPSA) is 49.4 Å². The Kier molecular flexibility index (Phi) is 5.06. The Morgan fingerprint density at radius 3 is 2.59 bits per heavy atom. The molecule has 0 spiro atoms. The van der Waals surface area contributed by atoms with Gasteiger partial charge in [-0.15, -0.1) is 0 Å². The fourth-order valence-corrected chi connectivity index (χ4v) is 4.46. The van der Waals surface area contributed by atoms with E-state index in [0.29, 0.717) is 19.0 Å². The molecule has 4 nitrogen and oxygen atoms in total. The second-order valence-electron chi connectivity index (χ2n) is 5.13. The van der Waals surface area contributed by atoms with Gasteiger partial charge >= 0.3 is 6.18 Å². The highest BCUT2D eigenvalue weighted by Gasteiger charge is 2.34. The van der Waals surface area contributed by atoms with Gasteiger partial charge in [-0.1, -0.05) is 11.6 Å². The van der Waals surface area contributed by atoms with Gasteiger partial charge in [-0.25, -0.2) is 8.42 Å². The highest BCUT2D eigenvalue weighted by Crippen LogP contribution is 2.34. The van der Waals surface area contributed by atoms with Crippen LogP contribution < -0.4 is 5.32 Å². The van der Waals surface area contributed by atoms with E-state index in [1.807, 2.05) is 0 Å². The van der Waals surface area contributed by atoms with Crippen molar-refractivity contribution in [3.8, 4) is 0 Å². The van der Waals surface area contributed by atoms with Crippen LogP contribution in [0.3, 0.4) is 0 Å². The third-order valence-electron chi connectivity index (χ3n) is 3.67. The Morgan fingerprint density at radius 1 is 1.36 bits per heavy atom. The first-order valence-corrected chi connectivity index (χ1v) is 8.52. The SMILES string of the molecule is CNC1CCCN(S(=O)(=O)c2ccc(C(F)(F)F)cc2Cl)C1. The van der Waals surface area contributed by atoms with Crippen molar-refractivity contribution in [2.45, 2.75) is 30.0 Å². The zero-order valence-electron chi connectivity index (χ0n) is 11.8. The van der Waals surface area contributed by atoms with E-state index in [2.05, 4.69) is 5.32 Å². The summed E-state index contributed by atoms with van der Waals surface area (Å²) in [6, 6.07) is 2.33. The molecule has 0 aliphatic carbocycles. The van der Waals surface area contributed by atoms with Gasteiger partial charge in [-0.3, -0.25) is 0 Å². The van der Waals surface area contributed by atoms with Crippen LogP contribution in [-0.2, 0) is 16.2 Å². The Bertz CT molecular complexity index is 649. The van der Waals surface area contributed by atoms with Crippen LogP contribution in [0.2, 0.25) is 5.02 Å². The van der Waals surface area contributed by atoms with Gasteiger partial charge in [0.05, 0.1) is 10.6 Å². The molecule has 1 aromatic carbocycles. The Balaban J connectivity index is 2.34. The predicted molar refractivity (Wildman–Crippen MR) is 77.3 cm³/mol. The minimum Gasteiger partial charge on any atom is -0.316 e. The first-order valence-electron chi connectivity index (χ1n) is 6.70. The van der Waals surface area contributed by atoms with Gasteiger partial charge in [0, 0.05) is 19.1 Å². The Labute approximate surface area is 132 Å². The van der Waals surface area contributed by atoms with Gasteiger partial charge in [-0.05, 0) is 38.1 Å². The molecule has 1 fully saturated rings. The minimum atomic E-state index is -4.56. The van der Waals surface area contributed by atoms with Crippen LogP contribution >= 0.6 is 11.6 Å². The molecule has 2 rings (SSSR count). The summed E-state index contributed by atoms with van der Waals surface area (Å²) in [7, 11) is -2.16. The molecule has 9 heteroatoms. The average molecular weight is 357 g/mol. The van der Waals surface area contributed by atoms with Gasteiger partial charge in [0.15, 0.2) is 0 Å². The molecule has 0 bridgehead atoms. The number of piperidine rings is 1. The van der Waals surface area contributed by atoms with Crippen LogP contribution in [0.25, 0.3) is 0 Å². The molecule has 1 aliphatic rings. The monoisotopic (exact) mass is 356 g/mol. The van der Waals surface area contributed by atoms with Gasteiger partial charge in [0.1, 0.15) is 4.90 Å². The van der Waals surface area contributed by atoms with E-state index in [0.717, 1.165) is 18.6 Å². The second-order valence-corrected chi connectivity index (χ2v) is 7.45. The van der Waals surface area contributed by atoms with Crippen LogP contribution in [0, 0.1) is 0 Å². The van der Waals surface area contributed by atoms with Gasteiger partial charge < -0.3 is 5.32 Å². The van der Waals surface area contributed by atoms with Crippen molar-refractivity contribution in [3.63, 3.8) is 0 Å². The van der Waals surface area contributed by atoms with E-state index in [1.54, 1.807) is 7.05 Å². The number of nitrogens with zero attached hydrogens (tertiary/aromatic N) is 1. The van der Waals surface area contributed by atoms with Crippen LogP contribution in [0.15, 0.2) is 23.1 Å². The first-order chi connectivity index (χ1) is 10.2. The van der Waals surface area contributed by atoms with E-state index >= 15 is 0 Å². The van der Waals surface area contributed by atoms with Crippen molar-refractivity contribution in [2.75, 3.05) is 20.1 Å². The van der Waals surface area contributed by atoms with Crippen molar-refractivity contribution in [1.82, 2.24) is 9.62 Å². The van der Waals surface area contributed by atoms with E-state index in [9.17, 15) is 21.6 Å². The fourth-order valence-electron chi connectivity index (χ4n) is 2.42. The number of hydrogen-bond donors (Lipinski definition) is 1. The summed E-state index contributed by atoms with van der Waals surface area (Å²) in [4.78, 5) is -0.293. The molecule has 1 atom stereocenters. The van der Waals surface area contributed by atoms with Crippen molar-refractivity contribution in [3.05, 3.63) is 28.8 Å². The number of sulfonamides is 1. The van der Waals surface area contributed by atoms with Crippen molar-refractivity contribution in [1.29, 1.82) is 0 Å². The number of hydrogen-bond acceptors (Lipinski definition) is 3. The summed E-state index contributed by atoms with van der Waals surface area (Å²) in [5.74, 6) is 0. The molecule has 1 N–H and O–H groups in total. The maximum Gasteiger partial charge on any atom is 0.416 e. The lowest BCUT2D eigenvalue weighted by atomic mass is 10.1. The number of likely N-dealkylation sites (N-methyl/N-ethyl adjacent to an activating group) is 1. The molecule has 1 unspecified atom stereocenters. The lowest BCUT2D eigenvalue weighted by Crippen LogP contribution is -2.46. The molecule has 1 aliphatic heterocycles. The predicted octanol–water partition coefficient (Wildman–Crippen LogP) is 2.73. The quantitative estimate of drug-likeness (QED) is 0.906. The Hall–Kier alpha value is -0.830. The molecule has 22 heavy (non-hydrogen) atoms. The van der Waals surface area contributed by atoms with Crippen molar-refractivity contribution >= 4 is 21.6 Å². The molecular weight excluding hydrogens is 341 g/mol. The molecule has 1 heterocycles. The fraction of sp³-hybridized carbons (Fsp3) is 0.538. The van der Waals surface area contributed by atoms with Crippen molar-refractivity contribution < 1.29 is 21.6 Å². The molecule has 1 saturated heterocycles. The first kappa shape index (κ1) is 17.5. The number of alkyl halides is 3. The summed E-state index contributed by atoms with van der Waals surface area (Å²) in [6.45, 7) is 0.605. The molecule has 0 amide bonds. The number of rotatable bonds is 3. The minimum absolute atomic E-state index is 0.0248. The third kappa shape index (κ3) is 3.56. The maximum atomic E-state index is 12.6. The highest BCUT2D eigenvalue weighted by molar-refractivity contribution is 7.89. The summed E-state index contributed by atoms with van der Waals surface area (Å²) in [5.41, 5.74) is -0.969. The molecule has 0 aromatic heterocycles. The summed E-state index contributed by atoms with van der Waals surface area (Å²) < 4.78 is 64.2. The van der Waals surface area contributed by atoms with E-state index in [4.69, 9.17) is 11.6 Å². The summed E-state index contributed by atoms with van der Waals surface area (Å²) in [6.07, 6.45) is -3.03. The van der Waals surface area contributed by atoms with Gasteiger partial charge in [-0.2, -0.15) is 17.5 Å². The molecule has 0 saturated carbocycles. The average Bonchev–Trinajstić information content (AvgIpc) is 2.46. The van der Waals surface area contributed by atoms with E-state index in [1.165, 1.54) is 4.31 Å².